The van der Waals surface area contributed by atoms with E-state index in [1.54, 1.807) is 0 Å². The quantitative estimate of drug-likeness (QED) is 0.136. The molecule has 2 unspecified atom stereocenters. The Balaban J connectivity index is 3.57. The average molecular weight is 420 g/mol. The first-order valence-corrected chi connectivity index (χ1v) is 9.51. The molecular weight excluding hydrogens is 388 g/mol. The van der Waals surface area contributed by atoms with Crippen molar-refractivity contribution in [1.29, 1.82) is 0 Å². The molecule has 2 N–H and O–H groups in total. The van der Waals surface area contributed by atoms with Gasteiger partial charge in [-0.25, -0.2) is 4.79 Å². The average Bonchev–Trinajstić information content (AvgIpc) is 2.69. The van der Waals surface area contributed by atoms with E-state index in [1.165, 1.54) is 0 Å². The Morgan fingerprint density at radius 1 is 0.828 bits per heavy atom. The molecule has 0 aromatic carbocycles. The number of aliphatic hydroxyl groups is 2. The molecule has 0 bridgehead atoms. The Kier molecular flexibility index (Phi) is 16.8. The van der Waals surface area contributed by atoms with Crippen LogP contribution in [0.25, 0.3) is 0 Å². The van der Waals surface area contributed by atoms with Gasteiger partial charge < -0.3 is 33.9 Å². The first-order valence-electron chi connectivity index (χ1n) is 9.51. The Morgan fingerprint density at radius 2 is 1.45 bits per heavy atom. The minimum absolute atomic E-state index is 0.0391. The molecule has 0 heterocycles. The van der Waals surface area contributed by atoms with Crippen molar-refractivity contribution in [3.8, 4) is 0 Å². The SMILES string of the molecule is C=CC(=O)OCCC(=O)OCC(O)COCC(O)COCCCOC(=O)CCC. The van der Waals surface area contributed by atoms with Crippen LogP contribution in [0.1, 0.15) is 32.6 Å². The summed E-state index contributed by atoms with van der Waals surface area (Å²) < 4.78 is 24.8. The van der Waals surface area contributed by atoms with Gasteiger partial charge in [-0.3, -0.25) is 9.59 Å². The van der Waals surface area contributed by atoms with E-state index in [2.05, 4.69) is 11.3 Å². The van der Waals surface area contributed by atoms with Gasteiger partial charge in [-0.1, -0.05) is 13.5 Å². The van der Waals surface area contributed by atoms with E-state index >= 15 is 0 Å². The van der Waals surface area contributed by atoms with Crippen LogP contribution < -0.4 is 0 Å². The maximum absolute atomic E-state index is 11.4. The van der Waals surface area contributed by atoms with Crippen LogP contribution >= 0.6 is 0 Å². The zero-order valence-corrected chi connectivity index (χ0v) is 16.9. The fraction of sp³-hybridized carbons (Fsp3) is 0.737. The molecule has 0 saturated heterocycles. The third-order valence-corrected chi connectivity index (χ3v) is 3.23. The number of hydrogen-bond acceptors (Lipinski definition) is 10. The summed E-state index contributed by atoms with van der Waals surface area (Å²) in [7, 11) is 0. The number of ether oxygens (including phenoxy) is 5. The number of carbonyl (C=O) groups excluding carboxylic acids is 3. The first kappa shape index (κ1) is 27.0. The highest BCUT2D eigenvalue weighted by Crippen LogP contribution is 1.97. The van der Waals surface area contributed by atoms with Crippen molar-refractivity contribution in [2.45, 2.75) is 44.8 Å². The van der Waals surface area contributed by atoms with Gasteiger partial charge in [0.2, 0.25) is 0 Å². The minimum atomic E-state index is -1.05. The third-order valence-electron chi connectivity index (χ3n) is 3.23. The summed E-state index contributed by atoms with van der Waals surface area (Å²) in [5.41, 5.74) is 0. The molecule has 0 amide bonds. The van der Waals surface area contributed by atoms with E-state index < -0.39 is 24.1 Å². The molecule has 0 fully saturated rings. The van der Waals surface area contributed by atoms with Crippen LogP contribution in [0.3, 0.4) is 0 Å². The topological polar surface area (TPSA) is 138 Å². The van der Waals surface area contributed by atoms with E-state index in [-0.39, 0.29) is 52.0 Å². The summed E-state index contributed by atoms with van der Waals surface area (Å²) >= 11 is 0. The fourth-order valence-electron chi connectivity index (χ4n) is 1.83. The molecule has 168 valence electrons. The summed E-state index contributed by atoms with van der Waals surface area (Å²) in [5.74, 6) is -1.50. The summed E-state index contributed by atoms with van der Waals surface area (Å²) in [5, 5.41) is 19.4. The Labute approximate surface area is 170 Å². The van der Waals surface area contributed by atoms with Crippen molar-refractivity contribution in [3.05, 3.63) is 12.7 Å². The van der Waals surface area contributed by atoms with Crippen LogP contribution in [-0.4, -0.2) is 86.6 Å². The fourth-order valence-corrected chi connectivity index (χ4v) is 1.83. The van der Waals surface area contributed by atoms with Crippen molar-refractivity contribution in [2.24, 2.45) is 0 Å². The van der Waals surface area contributed by atoms with Gasteiger partial charge in [-0.15, -0.1) is 0 Å². The van der Waals surface area contributed by atoms with Crippen LogP contribution in [0.2, 0.25) is 0 Å². The second-order valence-corrected chi connectivity index (χ2v) is 6.05. The summed E-state index contributed by atoms with van der Waals surface area (Å²) in [6, 6.07) is 0. The zero-order valence-electron chi connectivity index (χ0n) is 16.9. The zero-order chi connectivity index (χ0) is 21.9. The maximum atomic E-state index is 11.4. The highest BCUT2D eigenvalue weighted by atomic mass is 16.6. The van der Waals surface area contributed by atoms with Crippen LogP contribution in [-0.2, 0) is 38.1 Å². The molecule has 0 aliphatic rings. The van der Waals surface area contributed by atoms with Gasteiger partial charge in [-0.05, 0) is 6.42 Å². The molecule has 10 nitrogen and oxygen atoms in total. The molecule has 0 saturated carbocycles. The van der Waals surface area contributed by atoms with Crippen molar-refractivity contribution in [1.82, 2.24) is 0 Å². The van der Waals surface area contributed by atoms with E-state index in [0.29, 0.717) is 19.4 Å². The lowest BCUT2D eigenvalue weighted by atomic mass is 10.3. The molecule has 0 radical (unpaired) electrons. The number of hydrogen-bond donors (Lipinski definition) is 2. The van der Waals surface area contributed by atoms with Crippen molar-refractivity contribution >= 4 is 17.9 Å². The molecule has 0 spiro atoms. The molecule has 0 aromatic heterocycles. The minimum Gasteiger partial charge on any atom is -0.466 e. The monoisotopic (exact) mass is 420 g/mol. The number of aliphatic hydroxyl groups excluding tert-OH is 2. The molecule has 29 heavy (non-hydrogen) atoms. The van der Waals surface area contributed by atoms with Gasteiger partial charge >= 0.3 is 17.9 Å². The first-order chi connectivity index (χ1) is 13.9. The number of carbonyl (C=O) groups is 3. The second-order valence-electron chi connectivity index (χ2n) is 6.05. The highest BCUT2D eigenvalue weighted by Gasteiger charge is 2.12. The summed E-state index contributed by atoms with van der Waals surface area (Å²) in [6.07, 6.45) is 0.573. The lowest BCUT2D eigenvalue weighted by molar-refractivity contribution is -0.151. The van der Waals surface area contributed by atoms with Crippen LogP contribution in [0.4, 0.5) is 0 Å². The van der Waals surface area contributed by atoms with Gasteiger partial charge in [0.1, 0.15) is 25.4 Å². The third kappa shape index (κ3) is 17.8. The van der Waals surface area contributed by atoms with Gasteiger partial charge in [0, 0.05) is 25.5 Å². The van der Waals surface area contributed by atoms with Gasteiger partial charge in [0.25, 0.3) is 0 Å². The number of esters is 3. The number of rotatable bonds is 18. The highest BCUT2D eigenvalue weighted by molar-refractivity contribution is 5.81. The van der Waals surface area contributed by atoms with Crippen LogP contribution in [0.15, 0.2) is 12.7 Å². The van der Waals surface area contributed by atoms with Crippen LogP contribution in [0.5, 0.6) is 0 Å². The molecule has 2 atom stereocenters. The van der Waals surface area contributed by atoms with Gasteiger partial charge in [0.15, 0.2) is 0 Å². The van der Waals surface area contributed by atoms with Crippen molar-refractivity contribution in [3.63, 3.8) is 0 Å². The van der Waals surface area contributed by atoms with E-state index in [0.717, 1.165) is 12.5 Å². The van der Waals surface area contributed by atoms with Gasteiger partial charge in [0.05, 0.1) is 32.8 Å². The molecule has 10 heteroatoms. The normalized spacial score (nSPS) is 12.7. The maximum Gasteiger partial charge on any atom is 0.330 e. The summed E-state index contributed by atoms with van der Waals surface area (Å²) in [6.45, 7) is 5.14. The lowest BCUT2D eigenvalue weighted by Gasteiger charge is -2.15. The molecule has 0 aromatic rings. The molecule has 0 rings (SSSR count). The largest absolute Gasteiger partial charge is 0.466 e. The Hall–Kier alpha value is -2.01. The standard InChI is InChI=1S/C19H32O10/c1-3-6-18(23)27-9-5-8-25-11-15(20)12-26-13-16(21)14-29-19(24)7-10-28-17(22)4-2/h4,15-16,20-21H,2-3,5-14H2,1H3. The Bertz CT molecular complexity index is 480. The van der Waals surface area contributed by atoms with E-state index in [9.17, 15) is 24.6 Å². The smallest absolute Gasteiger partial charge is 0.330 e. The molecule has 0 aliphatic heterocycles. The Morgan fingerprint density at radius 3 is 2.10 bits per heavy atom. The van der Waals surface area contributed by atoms with Crippen molar-refractivity contribution < 1.29 is 48.3 Å². The molecular formula is C19H32O10. The van der Waals surface area contributed by atoms with Crippen LogP contribution in [0, 0.1) is 0 Å². The van der Waals surface area contributed by atoms with E-state index in [4.69, 9.17) is 18.9 Å². The van der Waals surface area contributed by atoms with Gasteiger partial charge in [-0.2, -0.15) is 0 Å². The van der Waals surface area contributed by atoms with Crippen molar-refractivity contribution in [2.75, 3.05) is 46.2 Å². The lowest BCUT2D eigenvalue weighted by Crippen LogP contribution is -2.28. The summed E-state index contributed by atoms with van der Waals surface area (Å²) in [4.78, 5) is 33.3. The molecule has 0 aliphatic carbocycles. The predicted molar refractivity (Wildman–Crippen MR) is 101 cm³/mol. The predicted octanol–water partition coefficient (Wildman–Crippen LogP) is 0.137. The second kappa shape index (κ2) is 18.0. The van der Waals surface area contributed by atoms with E-state index in [1.807, 2.05) is 6.92 Å².